The zero-order valence-corrected chi connectivity index (χ0v) is 8.47. The van der Waals surface area contributed by atoms with Gasteiger partial charge in [0.05, 0.1) is 0 Å². The topological polar surface area (TPSA) is 38.0 Å². The molecule has 1 rings (SSSR count). The Morgan fingerprint density at radius 2 is 2.00 bits per heavy atom. The van der Waals surface area contributed by atoms with Gasteiger partial charge in [-0.15, -0.1) is 12.4 Å². The molecule has 0 spiro atoms. The van der Waals surface area contributed by atoms with Crippen molar-refractivity contribution in [2.75, 3.05) is 6.54 Å². The first-order chi connectivity index (χ1) is 5.84. The highest BCUT2D eigenvalue weighted by molar-refractivity contribution is 5.85. The third-order valence-corrected chi connectivity index (χ3v) is 1.76. The van der Waals surface area contributed by atoms with Crippen LogP contribution in [-0.2, 0) is 0 Å². The van der Waals surface area contributed by atoms with Crippen LogP contribution in [0.1, 0.15) is 12.5 Å². The Bertz CT molecular complexity index is 257. The Morgan fingerprint density at radius 3 is 2.54 bits per heavy atom. The lowest BCUT2D eigenvalue weighted by Gasteiger charge is -2.00. The molecule has 1 aromatic carbocycles. The molecule has 0 unspecified atom stereocenters. The van der Waals surface area contributed by atoms with Crippen LogP contribution in [0.3, 0.4) is 0 Å². The molecule has 0 aliphatic rings. The Balaban J connectivity index is 0.00000144. The van der Waals surface area contributed by atoms with E-state index in [1.165, 1.54) is 11.1 Å². The Hall–Kier alpha value is -0.830. The molecule has 0 aliphatic heterocycles. The van der Waals surface area contributed by atoms with Crippen molar-refractivity contribution < 1.29 is 0 Å². The van der Waals surface area contributed by atoms with Crippen molar-refractivity contribution >= 4 is 18.0 Å². The predicted molar refractivity (Wildman–Crippen MR) is 59.5 cm³/mol. The smallest absolute Gasteiger partial charge is 0.0284 e. The van der Waals surface area contributed by atoms with E-state index in [9.17, 15) is 0 Å². The van der Waals surface area contributed by atoms with Gasteiger partial charge in [0.2, 0.25) is 0 Å². The maximum absolute atomic E-state index is 5.16. The average molecular weight is 199 g/mol. The second-order valence-corrected chi connectivity index (χ2v) is 2.66. The summed E-state index contributed by atoms with van der Waals surface area (Å²) in [6.45, 7) is 2.79. The first-order valence-electron chi connectivity index (χ1n) is 4.00. The van der Waals surface area contributed by atoms with Crippen molar-refractivity contribution in [3.63, 3.8) is 0 Å². The zero-order valence-electron chi connectivity index (χ0n) is 7.66. The SMILES string of the molecule is C/C(=C\CNN)c1ccccc1.Cl. The summed E-state index contributed by atoms with van der Waals surface area (Å²) in [5.41, 5.74) is 5.08. The van der Waals surface area contributed by atoms with Crippen LogP contribution in [0.15, 0.2) is 36.4 Å². The quantitative estimate of drug-likeness (QED) is 0.576. The third-order valence-electron chi connectivity index (χ3n) is 1.76. The van der Waals surface area contributed by atoms with Gasteiger partial charge in [0, 0.05) is 6.54 Å². The van der Waals surface area contributed by atoms with Gasteiger partial charge in [-0.05, 0) is 18.1 Å². The average Bonchev–Trinajstić information content (AvgIpc) is 2.15. The van der Waals surface area contributed by atoms with E-state index in [0.29, 0.717) is 6.54 Å². The highest BCUT2D eigenvalue weighted by Gasteiger charge is 1.91. The van der Waals surface area contributed by atoms with Crippen LogP contribution in [0, 0.1) is 0 Å². The van der Waals surface area contributed by atoms with Crippen LogP contribution < -0.4 is 11.3 Å². The molecular formula is C10H15ClN2. The summed E-state index contributed by atoms with van der Waals surface area (Å²) in [6, 6.07) is 10.2. The number of benzene rings is 1. The van der Waals surface area contributed by atoms with E-state index in [1.54, 1.807) is 0 Å². The van der Waals surface area contributed by atoms with Crippen molar-refractivity contribution in [1.82, 2.24) is 5.43 Å². The summed E-state index contributed by atoms with van der Waals surface area (Å²) in [4.78, 5) is 0. The second kappa shape index (κ2) is 6.66. The van der Waals surface area contributed by atoms with Crippen molar-refractivity contribution in [1.29, 1.82) is 0 Å². The largest absolute Gasteiger partial charge is 0.271 e. The van der Waals surface area contributed by atoms with Crippen LogP contribution >= 0.6 is 12.4 Å². The fourth-order valence-electron chi connectivity index (χ4n) is 1.03. The molecule has 0 amide bonds. The maximum Gasteiger partial charge on any atom is 0.0284 e. The number of nitrogens with two attached hydrogens (primary N) is 1. The number of allylic oxidation sites excluding steroid dienone is 1. The van der Waals surface area contributed by atoms with E-state index in [0.717, 1.165) is 0 Å². The summed E-state index contributed by atoms with van der Waals surface area (Å²) in [5.74, 6) is 5.16. The second-order valence-electron chi connectivity index (χ2n) is 2.66. The number of halogens is 1. The van der Waals surface area contributed by atoms with Gasteiger partial charge in [0.1, 0.15) is 0 Å². The molecule has 0 radical (unpaired) electrons. The van der Waals surface area contributed by atoms with Crippen LogP contribution in [0.25, 0.3) is 5.57 Å². The molecule has 0 atom stereocenters. The lowest BCUT2D eigenvalue weighted by molar-refractivity contribution is 0.824. The van der Waals surface area contributed by atoms with Gasteiger partial charge in [0.15, 0.2) is 0 Å². The first kappa shape index (κ1) is 12.2. The van der Waals surface area contributed by atoms with E-state index in [2.05, 4.69) is 30.6 Å². The monoisotopic (exact) mass is 198 g/mol. The Kier molecular flexibility index (Phi) is 6.24. The van der Waals surface area contributed by atoms with E-state index in [4.69, 9.17) is 5.84 Å². The highest BCUT2D eigenvalue weighted by Crippen LogP contribution is 2.11. The van der Waals surface area contributed by atoms with Gasteiger partial charge in [-0.2, -0.15) is 0 Å². The number of hydrogen-bond donors (Lipinski definition) is 2. The summed E-state index contributed by atoms with van der Waals surface area (Å²) >= 11 is 0. The summed E-state index contributed by atoms with van der Waals surface area (Å²) in [7, 11) is 0. The normalized spacial score (nSPS) is 10.8. The van der Waals surface area contributed by atoms with Gasteiger partial charge >= 0.3 is 0 Å². The number of hydrazine groups is 1. The van der Waals surface area contributed by atoms with Crippen LogP contribution in [0.5, 0.6) is 0 Å². The van der Waals surface area contributed by atoms with Gasteiger partial charge in [-0.3, -0.25) is 11.3 Å². The molecule has 0 bridgehead atoms. The molecule has 3 heteroatoms. The highest BCUT2D eigenvalue weighted by atomic mass is 35.5. The molecule has 1 aromatic rings. The summed E-state index contributed by atoms with van der Waals surface area (Å²) in [6.07, 6.45) is 2.06. The van der Waals surface area contributed by atoms with E-state index < -0.39 is 0 Å². The fourth-order valence-corrected chi connectivity index (χ4v) is 1.03. The Labute approximate surface area is 85.2 Å². The molecule has 0 aromatic heterocycles. The molecule has 0 heterocycles. The van der Waals surface area contributed by atoms with Gasteiger partial charge < -0.3 is 0 Å². The third kappa shape index (κ3) is 4.08. The first-order valence-corrected chi connectivity index (χ1v) is 4.00. The van der Waals surface area contributed by atoms with Crippen LogP contribution in [-0.4, -0.2) is 6.54 Å². The standard InChI is InChI=1S/C10H14N2.ClH/c1-9(7-8-12-11)10-5-3-2-4-6-10;/h2-7,12H,8,11H2,1H3;1H/b9-7+;. The molecule has 0 saturated heterocycles. The molecule has 0 aliphatic carbocycles. The van der Waals surface area contributed by atoms with Crippen molar-refractivity contribution in [2.24, 2.45) is 5.84 Å². The molecular weight excluding hydrogens is 184 g/mol. The molecule has 72 valence electrons. The predicted octanol–water partition coefficient (Wildman–Crippen LogP) is 1.98. The zero-order chi connectivity index (χ0) is 8.81. The van der Waals surface area contributed by atoms with Gasteiger partial charge in [0.25, 0.3) is 0 Å². The van der Waals surface area contributed by atoms with Crippen LogP contribution in [0.4, 0.5) is 0 Å². The van der Waals surface area contributed by atoms with E-state index in [1.807, 2.05) is 18.2 Å². The minimum Gasteiger partial charge on any atom is -0.271 e. The lowest BCUT2D eigenvalue weighted by Crippen LogP contribution is -2.21. The van der Waals surface area contributed by atoms with Crippen molar-refractivity contribution in [2.45, 2.75) is 6.92 Å². The number of hydrogen-bond acceptors (Lipinski definition) is 2. The van der Waals surface area contributed by atoms with Gasteiger partial charge in [-0.25, -0.2) is 0 Å². The maximum atomic E-state index is 5.16. The van der Waals surface area contributed by atoms with Crippen molar-refractivity contribution in [3.8, 4) is 0 Å². The van der Waals surface area contributed by atoms with E-state index >= 15 is 0 Å². The van der Waals surface area contributed by atoms with Crippen molar-refractivity contribution in [3.05, 3.63) is 42.0 Å². The summed E-state index contributed by atoms with van der Waals surface area (Å²) in [5, 5.41) is 0. The minimum absolute atomic E-state index is 0. The molecule has 2 nitrogen and oxygen atoms in total. The number of rotatable bonds is 3. The molecule has 3 N–H and O–H groups in total. The molecule has 13 heavy (non-hydrogen) atoms. The van der Waals surface area contributed by atoms with Gasteiger partial charge in [-0.1, -0.05) is 36.4 Å². The molecule has 0 saturated carbocycles. The minimum atomic E-state index is 0. The fraction of sp³-hybridized carbons (Fsp3) is 0.200. The van der Waals surface area contributed by atoms with E-state index in [-0.39, 0.29) is 12.4 Å². The Morgan fingerprint density at radius 1 is 1.38 bits per heavy atom. The lowest BCUT2D eigenvalue weighted by atomic mass is 10.1. The molecule has 0 fully saturated rings. The summed E-state index contributed by atoms with van der Waals surface area (Å²) < 4.78 is 0. The van der Waals surface area contributed by atoms with Crippen LogP contribution in [0.2, 0.25) is 0 Å². The number of nitrogens with one attached hydrogen (secondary N) is 1.